The Balaban J connectivity index is 1.54. The fraction of sp³-hybridized carbons (Fsp3) is 0.786. The number of aromatic nitrogens is 2. The van der Waals surface area contributed by atoms with Gasteiger partial charge in [-0.05, 0) is 39.2 Å². The molecule has 0 unspecified atom stereocenters. The van der Waals surface area contributed by atoms with Crippen LogP contribution in [0, 0.1) is 5.92 Å². The SMILES string of the molecule is CCOC(=O)[C@@H]1CCCN(Cc2nc(C3CC3)no2)C1. The maximum absolute atomic E-state index is 11.8. The summed E-state index contributed by atoms with van der Waals surface area (Å²) < 4.78 is 10.4. The summed E-state index contributed by atoms with van der Waals surface area (Å²) in [6.45, 7) is 4.62. The molecule has 1 aromatic rings. The van der Waals surface area contributed by atoms with Crippen LogP contribution in [-0.2, 0) is 16.1 Å². The van der Waals surface area contributed by atoms with Gasteiger partial charge in [0, 0.05) is 12.5 Å². The van der Waals surface area contributed by atoms with E-state index in [1.165, 1.54) is 12.8 Å². The molecule has 0 amide bonds. The maximum Gasteiger partial charge on any atom is 0.310 e. The third-order valence-electron chi connectivity index (χ3n) is 3.91. The number of nitrogens with zero attached hydrogens (tertiary/aromatic N) is 3. The molecule has 1 atom stereocenters. The first kappa shape index (κ1) is 13.5. The molecule has 1 aromatic heterocycles. The Kier molecular flexibility index (Phi) is 4.00. The minimum Gasteiger partial charge on any atom is -0.466 e. The molecule has 0 bridgehead atoms. The van der Waals surface area contributed by atoms with Gasteiger partial charge in [0.05, 0.1) is 19.1 Å². The van der Waals surface area contributed by atoms with Gasteiger partial charge >= 0.3 is 5.97 Å². The Bertz CT molecular complexity index is 470. The summed E-state index contributed by atoms with van der Waals surface area (Å²) in [4.78, 5) is 18.4. The largest absolute Gasteiger partial charge is 0.466 e. The Morgan fingerprint density at radius 3 is 3.05 bits per heavy atom. The molecular weight excluding hydrogens is 258 g/mol. The lowest BCUT2D eigenvalue weighted by atomic mass is 9.98. The molecule has 0 N–H and O–H groups in total. The highest BCUT2D eigenvalue weighted by molar-refractivity contribution is 5.72. The lowest BCUT2D eigenvalue weighted by Gasteiger charge is -2.30. The predicted octanol–water partition coefficient (Wildman–Crippen LogP) is 1.72. The zero-order valence-electron chi connectivity index (χ0n) is 11.9. The first-order valence-electron chi connectivity index (χ1n) is 7.47. The number of carbonyl (C=O) groups excluding carboxylic acids is 1. The van der Waals surface area contributed by atoms with Crippen LogP contribution in [0.1, 0.15) is 50.2 Å². The fourth-order valence-electron chi connectivity index (χ4n) is 2.68. The molecule has 2 aliphatic rings. The Morgan fingerprint density at radius 2 is 2.30 bits per heavy atom. The number of hydrogen-bond donors (Lipinski definition) is 0. The Morgan fingerprint density at radius 1 is 1.45 bits per heavy atom. The molecule has 0 radical (unpaired) electrons. The highest BCUT2D eigenvalue weighted by Gasteiger charge is 2.30. The van der Waals surface area contributed by atoms with Crippen LogP contribution in [0.15, 0.2) is 4.52 Å². The third-order valence-corrected chi connectivity index (χ3v) is 3.91. The first-order chi connectivity index (χ1) is 9.76. The number of piperidine rings is 1. The van der Waals surface area contributed by atoms with Crippen LogP contribution >= 0.6 is 0 Å². The quantitative estimate of drug-likeness (QED) is 0.764. The number of likely N-dealkylation sites (tertiary alicyclic amines) is 1. The van der Waals surface area contributed by atoms with E-state index in [4.69, 9.17) is 9.26 Å². The van der Waals surface area contributed by atoms with Crippen molar-refractivity contribution in [3.05, 3.63) is 11.7 Å². The van der Waals surface area contributed by atoms with E-state index in [9.17, 15) is 4.79 Å². The second-order valence-corrected chi connectivity index (χ2v) is 5.65. The Hall–Kier alpha value is -1.43. The van der Waals surface area contributed by atoms with Crippen LogP contribution in [0.25, 0.3) is 0 Å². The molecule has 2 fully saturated rings. The number of rotatable bonds is 5. The molecule has 0 aromatic carbocycles. The van der Waals surface area contributed by atoms with E-state index in [0.29, 0.717) is 25.0 Å². The van der Waals surface area contributed by atoms with Gasteiger partial charge in [-0.2, -0.15) is 4.98 Å². The topological polar surface area (TPSA) is 68.5 Å². The van der Waals surface area contributed by atoms with Crippen LogP contribution in [0.2, 0.25) is 0 Å². The van der Waals surface area contributed by atoms with Gasteiger partial charge in [-0.1, -0.05) is 5.16 Å². The summed E-state index contributed by atoms with van der Waals surface area (Å²) in [5.41, 5.74) is 0. The second kappa shape index (κ2) is 5.91. The van der Waals surface area contributed by atoms with Gasteiger partial charge < -0.3 is 9.26 Å². The highest BCUT2D eigenvalue weighted by Crippen LogP contribution is 2.38. The molecular formula is C14H21N3O3. The third kappa shape index (κ3) is 3.17. The van der Waals surface area contributed by atoms with Crippen LogP contribution in [0.3, 0.4) is 0 Å². The smallest absolute Gasteiger partial charge is 0.310 e. The molecule has 0 spiro atoms. The zero-order valence-corrected chi connectivity index (χ0v) is 11.9. The molecule has 6 nitrogen and oxygen atoms in total. The van der Waals surface area contributed by atoms with Gasteiger partial charge in [0.25, 0.3) is 0 Å². The van der Waals surface area contributed by atoms with E-state index in [1.54, 1.807) is 0 Å². The van der Waals surface area contributed by atoms with Crippen molar-refractivity contribution in [2.45, 2.75) is 45.1 Å². The van der Waals surface area contributed by atoms with Crippen molar-refractivity contribution in [3.8, 4) is 0 Å². The Labute approximate surface area is 118 Å². The maximum atomic E-state index is 11.8. The number of carbonyl (C=O) groups is 1. The van der Waals surface area contributed by atoms with E-state index in [2.05, 4.69) is 15.0 Å². The summed E-state index contributed by atoms with van der Waals surface area (Å²) in [7, 11) is 0. The van der Waals surface area contributed by atoms with Crippen LogP contribution in [-0.4, -0.2) is 40.7 Å². The lowest BCUT2D eigenvalue weighted by molar-refractivity contribution is -0.150. The van der Waals surface area contributed by atoms with Crippen molar-refractivity contribution in [1.82, 2.24) is 15.0 Å². The van der Waals surface area contributed by atoms with E-state index >= 15 is 0 Å². The van der Waals surface area contributed by atoms with Crippen molar-refractivity contribution in [2.75, 3.05) is 19.7 Å². The predicted molar refractivity (Wildman–Crippen MR) is 70.9 cm³/mol. The van der Waals surface area contributed by atoms with Crippen molar-refractivity contribution in [2.24, 2.45) is 5.92 Å². The summed E-state index contributed by atoms with van der Waals surface area (Å²) in [5, 5.41) is 4.02. The monoisotopic (exact) mass is 279 g/mol. The van der Waals surface area contributed by atoms with Crippen molar-refractivity contribution in [3.63, 3.8) is 0 Å². The second-order valence-electron chi connectivity index (χ2n) is 5.65. The number of hydrogen-bond acceptors (Lipinski definition) is 6. The molecule has 1 saturated heterocycles. The van der Waals surface area contributed by atoms with Crippen molar-refractivity contribution < 1.29 is 14.1 Å². The summed E-state index contributed by atoms with van der Waals surface area (Å²) in [6, 6.07) is 0. The van der Waals surface area contributed by atoms with Crippen LogP contribution in [0.4, 0.5) is 0 Å². The van der Waals surface area contributed by atoms with Gasteiger partial charge in [-0.15, -0.1) is 0 Å². The van der Waals surface area contributed by atoms with Gasteiger partial charge in [-0.3, -0.25) is 9.69 Å². The first-order valence-corrected chi connectivity index (χ1v) is 7.47. The van der Waals surface area contributed by atoms with Crippen LogP contribution < -0.4 is 0 Å². The van der Waals surface area contributed by atoms with Crippen LogP contribution in [0.5, 0.6) is 0 Å². The zero-order chi connectivity index (χ0) is 13.9. The minimum atomic E-state index is -0.0820. The molecule has 2 heterocycles. The summed E-state index contributed by atoms with van der Waals surface area (Å²) >= 11 is 0. The van der Waals surface area contributed by atoms with E-state index in [1.807, 2.05) is 6.92 Å². The minimum absolute atomic E-state index is 0.0190. The summed E-state index contributed by atoms with van der Waals surface area (Å²) in [6.07, 6.45) is 4.26. The van der Waals surface area contributed by atoms with Gasteiger partial charge in [0.1, 0.15) is 0 Å². The fourth-order valence-corrected chi connectivity index (χ4v) is 2.68. The van der Waals surface area contributed by atoms with E-state index in [0.717, 1.165) is 31.8 Å². The molecule has 110 valence electrons. The van der Waals surface area contributed by atoms with Gasteiger partial charge in [-0.25, -0.2) is 0 Å². The average molecular weight is 279 g/mol. The molecule has 1 aliphatic heterocycles. The van der Waals surface area contributed by atoms with Crippen molar-refractivity contribution >= 4 is 5.97 Å². The molecule has 6 heteroatoms. The van der Waals surface area contributed by atoms with E-state index < -0.39 is 0 Å². The molecule has 1 aliphatic carbocycles. The standard InChI is InChI=1S/C14H21N3O3/c1-2-19-14(18)11-4-3-7-17(8-11)9-12-15-13(16-20-12)10-5-6-10/h10-11H,2-9H2,1H3/t11-/m1/s1. The van der Waals surface area contributed by atoms with Crippen molar-refractivity contribution in [1.29, 1.82) is 0 Å². The number of esters is 1. The summed E-state index contributed by atoms with van der Waals surface area (Å²) in [5.74, 6) is 1.92. The normalized spacial score (nSPS) is 23.8. The highest BCUT2D eigenvalue weighted by atomic mass is 16.5. The van der Waals surface area contributed by atoms with Gasteiger partial charge in [0.15, 0.2) is 5.82 Å². The lowest BCUT2D eigenvalue weighted by Crippen LogP contribution is -2.39. The molecule has 1 saturated carbocycles. The molecule has 20 heavy (non-hydrogen) atoms. The molecule has 3 rings (SSSR count). The number of ether oxygens (including phenoxy) is 1. The van der Waals surface area contributed by atoms with E-state index in [-0.39, 0.29) is 11.9 Å². The van der Waals surface area contributed by atoms with Gasteiger partial charge in [0.2, 0.25) is 5.89 Å². The average Bonchev–Trinajstić information content (AvgIpc) is 3.20.